The highest BCUT2D eigenvalue weighted by atomic mass is 32.2. The van der Waals surface area contributed by atoms with Gasteiger partial charge in [0.05, 0.1) is 11.5 Å². The number of fused-ring (bicyclic) bond motifs is 1. The van der Waals surface area contributed by atoms with E-state index in [1.54, 1.807) is 12.1 Å². The van der Waals surface area contributed by atoms with Gasteiger partial charge in [-0.15, -0.1) is 10.2 Å². The second kappa shape index (κ2) is 9.39. The maximum atomic E-state index is 12.1. The summed E-state index contributed by atoms with van der Waals surface area (Å²) in [5, 5.41) is 9.29. The van der Waals surface area contributed by atoms with E-state index in [1.807, 2.05) is 35.9 Å². The third-order valence-corrected chi connectivity index (χ3v) is 7.66. The second-order valence-corrected chi connectivity index (χ2v) is 10.4. The number of para-hydroxylation sites is 2. The molecule has 3 aromatic rings. The van der Waals surface area contributed by atoms with Crippen LogP contribution in [0.3, 0.4) is 0 Å². The average Bonchev–Trinajstić information content (AvgIpc) is 3.16. The number of hydrogen-bond donors (Lipinski definition) is 0. The molecule has 0 saturated carbocycles. The Kier molecular flexibility index (Phi) is 6.58. The number of benzene rings is 2. The van der Waals surface area contributed by atoms with E-state index in [0.29, 0.717) is 36.3 Å². The van der Waals surface area contributed by atoms with Crippen molar-refractivity contribution in [2.75, 3.05) is 33.1 Å². The van der Waals surface area contributed by atoms with E-state index in [-0.39, 0.29) is 11.0 Å². The zero-order chi connectivity index (χ0) is 22.7. The fraction of sp³-hybridized carbons (Fsp3) is 0.333. The van der Waals surface area contributed by atoms with Gasteiger partial charge < -0.3 is 18.8 Å². The summed E-state index contributed by atoms with van der Waals surface area (Å²) in [5.74, 6) is 3.37. The molecular weight excluding hydrogens is 452 g/mol. The Hall–Kier alpha value is -2.76. The number of rotatable bonds is 8. The van der Waals surface area contributed by atoms with Crippen LogP contribution < -0.4 is 14.2 Å². The molecular formula is C21H24N4O5S2. The molecule has 4 rings (SSSR count). The lowest BCUT2D eigenvalue weighted by Gasteiger charge is -2.25. The number of hydrogen-bond acceptors (Lipinski definition) is 8. The van der Waals surface area contributed by atoms with E-state index in [1.165, 1.54) is 42.3 Å². The molecule has 0 radical (unpaired) electrons. The molecule has 2 aromatic carbocycles. The molecule has 170 valence electrons. The molecule has 0 spiro atoms. The molecule has 0 N–H and O–H groups in total. The monoisotopic (exact) mass is 476 g/mol. The third kappa shape index (κ3) is 4.69. The van der Waals surface area contributed by atoms with Crippen LogP contribution in [0.2, 0.25) is 0 Å². The predicted octanol–water partition coefficient (Wildman–Crippen LogP) is 2.75. The summed E-state index contributed by atoms with van der Waals surface area (Å²) in [4.78, 5) is 0.229. The second-order valence-electron chi connectivity index (χ2n) is 7.22. The lowest BCUT2D eigenvalue weighted by atomic mass is 10.2. The third-order valence-electron chi connectivity index (χ3n) is 4.85. The lowest BCUT2D eigenvalue weighted by molar-refractivity contribution is 0.0825. The summed E-state index contributed by atoms with van der Waals surface area (Å²) in [7, 11) is 1.45. The highest BCUT2D eigenvalue weighted by Crippen LogP contribution is 2.35. The molecule has 1 aliphatic rings. The molecule has 1 atom stereocenters. The standard InChI is InChI=1S/C21H24N4O5S2/c1-24(2)32(26,27)16-10-8-15(9-11-16)28-12-13-31-21-23-22-20(25(21)3)19-14-29-17-6-4-5-7-18(17)30-19/h4-11,19H,12-14H2,1-3H3/t19-/m0/s1. The molecule has 2 heterocycles. The van der Waals surface area contributed by atoms with Gasteiger partial charge in [-0.05, 0) is 36.4 Å². The Balaban J connectivity index is 1.30. The summed E-state index contributed by atoms with van der Waals surface area (Å²) in [6.07, 6.45) is -0.329. The van der Waals surface area contributed by atoms with Crippen molar-refractivity contribution in [3.8, 4) is 17.2 Å². The van der Waals surface area contributed by atoms with Crippen molar-refractivity contribution in [3.63, 3.8) is 0 Å². The normalized spacial score (nSPS) is 15.7. The molecule has 0 unspecified atom stereocenters. The first-order valence-electron chi connectivity index (χ1n) is 9.92. The van der Waals surface area contributed by atoms with Crippen LogP contribution in [0.15, 0.2) is 58.6 Å². The smallest absolute Gasteiger partial charge is 0.242 e. The van der Waals surface area contributed by atoms with E-state index in [0.717, 1.165) is 10.9 Å². The molecule has 0 aliphatic carbocycles. The molecule has 1 aliphatic heterocycles. The first-order chi connectivity index (χ1) is 15.4. The minimum absolute atomic E-state index is 0.229. The van der Waals surface area contributed by atoms with Crippen molar-refractivity contribution in [2.24, 2.45) is 7.05 Å². The Morgan fingerprint density at radius 2 is 1.84 bits per heavy atom. The van der Waals surface area contributed by atoms with Gasteiger partial charge in [0.2, 0.25) is 10.0 Å². The number of nitrogens with zero attached hydrogens (tertiary/aromatic N) is 4. The summed E-state index contributed by atoms with van der Waals surface area (Å²) < 4.78 is 44.8. The lowest BCUT2D eigenvalue weighted by Crippen LogP contribution is -2.24. The van der Waals surface area contributed by atoms with Crippen LogP contribution in [0.25, 0.3) is 0 Å². The highest BCUT2D eigenvalue weighted by molar-refractivity contribution is 7.99. The molecule has 11 heteroatoms. The quantitative estimate of drug-likeness (QED) is 0.362. The van der Waals surface area contributed by atoms with E-state index < -0.39 is 10.0 Å². The predicted molar refractivity (Wildman–Crippen MR) is 120 cm³/mol. The van der Waals surface area contributed by atoms with Gasteiger partial charge in [-0.25, -0.2) is 12.7 Å². The van der Waals surface area contributed by atoms with Crippen molar-refractivity contribution >= 4 is 21.8 Å². The zero-order valence-electron chi connectivity index (χ0n) is 18.0. The van der Waals surface area contributed by atoms with Crippen LogP contribution in [0, 0.1) is 0 Å². The van der Waals surface area contributed by atoms with E-state index in [4.69, 9.17) is 14.2 Å². The molecule has 9 nitrogen and oxygen atoms in total. The average molecular weight is 477 g/mol. The van der Waals surface area contributed by atoms with E-state index in [9.17, 15) is 8.42 Å². The van der Waals surface area contributed by atoms with Crippen LogP contribution in [-0.4, -0.2) is 60.5 Å². The first kappa shape index (κ1) is 22.4. The maximum absolute atomic E-state index is 12.1. The topological polar surface area (TPSA) is 95.8 Å². The SMILES string of the molecule is CN(C)S(=O)(=O)c1ccc(OCCSc2nnc([C@@H]3COc4ccccc4O3)n2C)cc1. The fourth-order valence-corrected chi connectivity index (χ4v) is 4.73. The fourth-order valence-electron chi connectivity index (χ4n) is 3.09. The minimum Gasteiger partial charge on any atom is -0.493 e. The molecule has 0 amide bonds. The van der Waals surface area contributed by atoms with Crippen molar-refractivity contribution < 1.29 is 22.6 Å². The first-order valence-corrected chi connectivity index (χ1v) is 12.3. The number of ether oxygens (including phenoxy) is 3. The molecule has 1 aromatic heterocycles. The maximum Gasteiger partial charge on any atom is 0.242 e. The Morgan fingerprint density at radius 3 is 2.56 bits per heavy atom. The van der Waals surface area contributed by atoms with Crippen LogP contribution in [-0.2, 0) is 17.1 Å². The van der Waals surface area contributed by atoms with Gasteiger partial charge in [-0.2, -0.15) is 0 Å². The van der Waals surface area contributed by atoms with Gasteiger partial charge >= 0.3 is 0 Å². The molecule has 0 fully saturated rings. The number of thioether (sulfide) groups is 1. The summed E-state index contributed by atoms with van der Waals surface area (Å²) in [6, 6.07) is 13.9. The van der Waals surface area contributed by atoms with Gasteiger partial charge in [0, 0.05) is 26.9 Å². The molecule has 32 heavy (non-hydrogen) atoms. The summed E-state index contributed by atoms with van der Waals surface area (Å²) >= 11 is 1.51. The molecule has 0 bridgehead atoms. The Labute approximate surface area is 191 Å². The van der Waals surface area contributed by atoms with Crippen molar-refractivity contribution in [2.45, 2.75) is 16.2 Å². The van der Waals surface area contributed by atoms with Crippen molar-refractivity contribution in [1.82, 2.24) is 19.1 Å². The Bertz CT molecular complexity index is 1180. The van der Waals surface area contributed by atoms with Gasteiger partial charge in [-0.1, -0.05) is 23.9 Å². The number of sulfonamides is 1. The summed E-state index contributed by atoms with van der Waals surface area (Å²) in [5.41, 5.74) is 0. The van der Waals surface area contributed by atoms with Crippen molar-refractivity contribution in [3.05, 3.63) is 54.4 Å². The van der Waals surface area contributed by atoms with Crippen LogP contribution in [0.5, 0.6) is 17.2 Å². The van der Waals surface area contributed by atoms with Gasteiger partial charge in [0.15, 0.2) is 28.6 Å². The Morgan fingerprint density at radius 1 is 1.12 bits per heavy atom. The number of aromatic nitrogens is 3. The van der Waals surface area contributed by atoms with Gasteiger partial charge in [-0.3, -0.25) is 0 Å². The molecule has 0 saturated heterocycles. The highest BCUT2D eigenvalue weighted by Gasteiger charge is 2.27. The van der Waals surface area contributed by atoms with Crippen LogP contribution in [0.1, 0.15) is 11.9 Å². The summed E-state index contributed by atoms with van der Waals surface area (Å²) in [6.45, 7) is 0.805. The van der Waals surface area contributed by atoms with Crippen molar-refractivity contribution in [1.29, 1.82) is 0 Å². The van der Waals surface area contributed by atoms with Gasteiger partial charge in [0.1, 0.15) is 12.4 Å². The zero-order valence-corrected chi connectivity index (χ0v) is 19.6. The minimum atomic E-state index is -3.45. The van der Waals surface area contributed by atoms with Crippen LogP contribution in [0.4, 0.5) is 0 Å². The van der Waals surface area contributed by atoms with Gasteiger partial charge in [0.25, 0.3) is 0 Å². The van der Waals surface area contributed by atoms with Crippen LogP contribution >= 0.6 is 11.8 Å². The van der Waals surface area contributed by atoms with E-state index in [2.05, 4.69) is 10.2 Å². The van der Waals surface area contributed by atoms with E-state index >= 15 is 0 Å². The largest absolute Gasteiger partial charge is 0.493 e.